The first-order valence-electron chi connectivity index (χ1n) is 4.35. The molecule has 0 aliphatic heterocycles. The van der Waals surface area contributed by atoms with E-state index in [-0.39, 0.29) is 0 Å². The zero-order valence-electron chi connectivity index (χ0n) is 7.96. The van der Waals surface area contributed by atoms with Gasteiger partial charge in [-0.15, -0.1) is 0 Å². The van der Waals surface area contributed by atoms with Crippen molar-refractivity contribution < 1.29 is 0 Å². The summed E-state index contributed by atoms with van der Waals surface area (Å²) in [6.45, 7) is 5.74. The Balaban J connectivity index is 2.73. The van der Waals surface area contributed by atoms with E-state index in [0.29, 0.717) is 5.70 Å². The molecule has 0 unspecified atom stereocenters. The van der Waals surface area contributed by atoms with Crippen molar-refractivity contribution in [3.05, 3.63) is 54.2 Å². The number of allylic oxidation sites excluding steroid dienone is 2. The van der Waals surface area contributed by atoms with Crippen LogP contribution in [0.1, 0.15) is 18.9 Å². The Morgan fingerprint density at radius 3 is 2.54 bits per heavy atom. The summed E-state index contributed by atoms with van der Waals surface area (Å²) in [4.78, 5) is 0. The lowest BCUT2D eigenvalue weighted by Crippen LogP contribution is -1.92. The highest BCUT2D eigenvalue weighted by Crippen LogP contribution is 2.13. The fourth-order valence-corrected chi connectivity index (χ4v) is 1.10. The van der Waals surface area contributed by atoms with Crippen molar-refractivity contribution in [2.75, 3.05) is 0 Å². The van der Waals surface area contributed by atoms with E-state index in [1.807, 2.05) is 18.2 Å². The van der Waals surface area contributed by atoms with Crippen LogP contribution < -0.4 is 5.73 Å². The summed E-state index contributed by atoms with van der Waals surface area (Å²) in [5.41, 5.74) is 8.67. The van der Waals surface area contributed by atoms with E-state index in [1.54, 1.807) is 0 Å². The summed E-state index contributed by atoms with van der Waals surface area (Å²) in [7, 11) is 0. The molecule has 0 radical (unpaired) electrons. The van der Waals surface area contributed by atoms with E-state index in [0.717, 1.165) is 6.42 Å². The molecule has 0 heterocycles. The zero-order valence-corrected chi connectivity index (χ0v) is 7.96. The Hall–Kier alpha value is -1.50. The van der Waals surface area contributed by atoms with Crippen LogP contribution in [-0.2, 0) is 0 Å². The third-order valence-corrected chi connectivity index (χ3v) is 1.90. The molecule has 0 spiro atoms. The maximum Gasteiger partial charge on any atom is 0.00491 e. The molecule has 0 fully saturated rings. The average Bonchev–Trinajstić information content (AvgIpc) is 2.15. The largest absolute Gasteiger partial charge is 0.402 e. The Bertz CT molecular complexity index is 309. The first-order chi connectivity index (χ1) is 6.20. The van der Waals surface area contributed by atoms with Crippen molar-refractivity contribution in [3.8, 4) is 0 Å². The minimum atomic E-state index is 0.704. The van der Waals surface area contributed by atoms with Gasteiger partial charge in [-0.2, -0.15) is 0 Å². The Morgan fingerprint density at radius 1 is 1.38 bits per heavy atom. The first-order valence-corrected chi connectivity index (χ1v) is 4.35. The lowest BCUT2D eigenvalue weighted by molar-refractivity contribution is 1.18. The molecule has 1 aromatic carbocycles. The molecule has 0 saturated carbocycles. The van der Waals surface area contributed by atoms with Crippen molar-refractivity contribution in [1.29, 1.82) is 0 Å². The highest BCUT2D eigenvalue weighted by Gasteiger charge is 1.92. The fourth-order valence-electron chi connectivity index (χ4n) is 1.10. The van der Waals surface area contributed by atoms with Gasteiger partial charge in [0.25, 0.3) is 0 Å². The van der Waals surface area contributed by atoms with Crippen LogP contribution in [0.5, 0.6) is 0 Å². The van der Waals surface area contributed by atoms with Gasteiger partial charge in [0.15, 0.2) is 0 Å². The van der Waals surface area contributed by atoms with Crippen LogP contribution in [-0.4, -0.2) is 0 Å². The molecule has 0 aliphatic rings. The van der Waals surface area contributed by atoms with Gasteiger partial charge >= 0.3 is 0 Å². The predicted molar refractivity (Wildman–Crippen MR) is 58.0 cm³/mol. The monoisotopic (exact) mass is 173 g/mol. The van der Waals surface area contributed by atoms with Gasteiger partial charge < -0.3 is 5.73 Å². The van der Waals surface area contributed by atoms with E-state index < -0.39 is 0 Å². The van der Waals surface area contributed by atoms with Crippen molar-refractivity contribution in [1.82, 2.24) is 0 Å². The van der Waals surface area contributed by atoms with Crippen molar-refractivity contribution in [2.45, 2.75) is 13.3 Å². The molecular formula is C12H15N. The average molecular weight is 173 g/mol. The van der Waals surface area contributed by atoms with Crippen LogP contribution in [0, 0.1) is 0 Å². The second-order valence-corrected chi connectivity index (χ2v) is 3.12. The van der Waals surface area contributed by atoms with E-state index in [1.165, 1.54) is 11.1 Å². The minimum absolute atomic E-state index is 0.704. The van der Waals surface area contributed by atoms with E-state index in [2.05, 4.69) is 31.7 Å². The van der Waals surface area contributed by atoms with Gasteiger partial charge in [-0.25, -0.2) is 0 Å². The fraction of sp³-hybridized carbons (Fsp3) is 0.167. The van der Waals surface area contributed by atoms with Gasteiger partial charge in [0.05, 0.1) is 0 Å². The topological polar surface area (TPSA) is 26.0 Å². The first kappa shape index (κ1) is 9.59. The lowest BCUT2D eigenvalue weighted by atomic mass is 10.1. The number of rotatable bonds is 3. The molecule has 1 heteroatoms. The summed E-state index contributed by atoms with van der Waals surface area (Å²) in [5, 5.41) is 0. The molecule has 2 N–H and O–H groups in total. The molecule has 0 aliphatic carbocycles. The molecule has 0 saturated heterocycles. The van der Waals surface area contributed by atoms with Crippen LogP contribution in [0.15, 0.2) is 48.7 Å². The van der Waals surface area contributed by atoms with Crippen LogP contribution in [0.3, 0.4) is 0 Å². The standard InChI is InChI=1S/C12H15N/c1-10(8-9-11(2)13)12-6-4-3-5-7-12/h3-8H,2,9,13H2,1H3/b10-8+. The molecule has 68 valence electrons. The minimum Gasteiger partial charge on any atom is -0.402 e. The number of nitrogens with two attached hydrogens (primary N) is 1. The van der Waals surface area contributed by atoms with Crippen molar-refractivity contribution >= 4 is 5.57 Å². The van der Waals surface area contributed by atoms with Gasteiger partial charge in [-0.05, 0) is 18.1 Å². The molecule has 1 aromatic rings. The molecule has 0 bridgehead atoms. The summed E-state index contributed by atoms with van der Waals surface area (Å²) in [6, 6.07) is 10.3. The molecule has 1 rings (SSSR count). The highest BCUT2D eigenvalue weighted by molar-refractivity contribution is 5.63. The second kappa shape index (κ2) is 4.51. The van der Waals surface area contributed by atoms with Gasteiger partial charge in [-0.3, -0.25) is 0 Å². The highest BCUT2D eigenvalue weighted by atomic mass is 14.5. The quantitative estimate of drug-likeness (QED) is 0.747. The van der Waals surface area contributed by atoms with Crippen LogP contribution in [0.25, 0.3) is 5.57 Å². The number of hydrogen-bond acceptors (Lipinski definition) is 1. The van der Waals surface area contributed by atoms with Crippen LogP contribution in [0.4, 0.5) is 0 Å². The molecule has 13 heavy (non-hydrogen) atoms. The summed E-state index contributed by atoms with van der Waals surface area (Å²) in [5.74, 6) is 0. The lowest BCUT2D eigenvalue weighted by Gasteiger charge is -2.00. The summed E-state index contributed by atoms with van der Waals surface area (Å²) in [6.07, 6.45) is 2.85. The Morgan fingerprint density at radius 2 is 2.00 bits per heavy atom. The maximum atomic E-state index is 5.48. The van der Waals surface area contributed by atoms with Gasteiger partial charge in [0.1, 0.15) is 0 Å². The number of benzene rings is 1. The molecule has 0 aromatic heterocycles. The van der Waals surface area contributed by atoms with E-state index >= 15 is 0 Å². The summed E-state index contributed by atoms with van der Waals surface area (Å²) < 4.78 is 0. The van der Waals surface area contributed by atoms with Crippen molar-refractivity contribution in [2.24, 2.45) is 5.73 Å². The second-order valence-electron chi connectivity index (χ2n) is 3.12. The molecule has 0 atom stereocenters. The Kier molecular flexibility index (Phi) is 3.32. The molecular weight excluding hydrogens is 158 g/mol. The van der Waals surface area contributed by atoms with Crippen molar-refractivity contribution in [3.63, 3.8) is 0 Å². The van der Waals surface area contributed by atoms with E-state index in [4.69, 9.17) is 5.73 Å². The van der Waals surface area contributed by atoms with Gasteiger partial charge in [0, 0.05) is 12.1 Å². The third-order valence-electron chi connectivity index (χ3n) is 1.90. The molecule has 0 amide bonds. The number of hydrogen-bond donors (Lipinski definition) is 1. The maximum absolute atomic E-state index is 5.48. The van der Waals surface area contributed by atoms with Gasteiger partial charge in [-0.1, -0.05) is 43.0 Å². The SMILES string of the molecule is C=C(N)C/C=C(\C)c1ccccc1. The zero-order chi connectivity index (χ0) is 9.68. The Labute approximate surface area is 79.6 Å². The smallest absolute Gasteiger partial charge is 0.00491 e. The predicted octanol–water partition coefficient (Wildman–Crippen LogP) is 2.95. The van der Waals surface area contributed by atoms with Gasteiger partial charge in [0.2, 0.25) is 0 Å². The molecule has 1 nitrogen and oxygen atoms in total. The van der Waals surface area contributed by atoms with Crippen LogP contribution >= 0.6 is 0 Å². The summed E-state index contributed by atoms with van der Waals surface area (Å²) >= 11 is 0. The normalized spacial score (nSPS) is 11.3. The van der Waals surface area contributed by atoms with E-state index in [9.17, 15) is 0 Å². The van der Waals surface area contributed by atoms with Crippen LogP contribution in [0.2, 0.25) is 0 Å². The third kappa shape index (κ3) is 3.16.